The van der Waals surface area contributed by atoms with Gasteiger partial charge in [0.25, 0.3) is 5.91 Å². The molecule has 1 aliphatic heterocycles. The van der Waals surface area contributed by atoms with Crippen LogP contribution in [0.3, 0.4) is 0 Å². The van der Waals surface area contributed by atoms with Crippen molar-refractivity contribution in [1.82, 2.24) is 10.2 Å². The van der Waals surface area contributed by atoms with Crippen molar-refractivity contribution in [2.24, 2.45) is 5.92 Å². The zero-order chi connectivity index (χ0) is 26.7. The van der Waals surface area contributed by atoms with Crippen molar-refractivity contribution >= 4 is 57.4 Å². The molecular weight excluding hydrogens is 509 g/mol. The molecule has 3 aromatic rings. The maximum absolute atomic E-state index is 13.5. The number of carbonyl (C=O) groups is 3. The molecule has 0 spiro atoms. The molecule has 0 unspecified atom stereocenters. The predicted molar refractivity (Wildman–Crippen MR) is 149 cm³/mol. The lowest BCUT2D eigenvalue weighted by atomic mass is 10.1. The number of carbonyl (C=O) groups excluding carboxylic acids is 3. The summed E-state index contributed by atoms with van der Waals surface area (Å²) in [6.07, 6.45) is 0.613. The van der Waals surface area contributed by atoms with Crippen LogP contribution in [0.25, 0.3) is 10.8 Å². The van der Waals surface area contributed by atoms with E-state index in [0.29, 0.717) is 40.7 Å². The predicted octanol–water partition coefficient (Wildman–Crippen LogP) is 6.08. The Bertz CT molecular complexity index is 1320. The van der Waals surface area contributed by atoms with Crippen molar-refractivity contribution in [3.05, 3.63) is 75.8 Å². The number of benzene rings is 3. The van der Waals surface area contributed by atoms with Crippen molar-refractivity contribution in [3.8, 4) is 0 Å². The first kappa shape index (κ1) is 27.0. The highest BCUT2D eigenvalue weighted by atomic mass is 35.5. The molecule has 0 saturated heterocycles. The standard InChI is InChI=1S/C29H31Cl2N3O3/c1-18(2)16-32-28(36)19(3)34(17-22-23(30)11-6-12-24(22)31)26(35)14-7-15-33-25-13-5-9-20-8-4-10-21(27(20)25)29(33)37/h4-6,8-13,18-19H,7,14-17H2,1-3H3,(H,32,36)/t19-/m0/s1. The number of hydrogen-bond donors (Lipinski definition) is 1. The van der Waals surface area contributed by atoms with Gasteiger partial charge in [0, 0.05) is 52.6 Å². The van der Waals surface area contributed by atoms with E-state index in [1.165, 1.54) is 4.90 Å². The van der Waals surface area contributed by atoms with E-state index in [0.717, 1.165) is 16.5 Å². The molecule has 0 aliphatic carbocycles. The Hall–Kier alpha value is -3.09. The number of amides is 3. The molecule has 0 aromatic heterocycles. The Morgan fingerprint density at radius 2 is 1.62 bits per heavy atom. The maximum atomic E-state index is 13.5. The van der Waals surface area contributed by atoms with Crippen molar-refractivity contribution < 1.29 is 14.4 Å². The quantitative estimate of drug-likeness (QED) is 0.339. The van der Waals surface area contributed by atoms with E-state index in [2.05, 4.69) is 5.32 Å². The summed E-state index contributed by atoms with van der Waals surface area (Å²) in [4.78, 5) is 42.7. The van der Waals surface area contributed by atoms with E-state index in [4.69, 9.17) is 23.2 Å². The summed E-state index contributed by atoms with van der Waals surface area (Å²) in [6, 6.07) is 16.0. The normalized spacial score (nSPS) is 13.4. The summed E-state index contributed by atoms with van der Waals surface area (Å²) in [6.45, 7) is 6.75. The monoisotopic (exact) mass is 539 g/mol. The van der Waals surface area contributed by atoms with Crippen LogP contribution in [-0.2, 0) is 16.1 Å². The van der Waals surface area contributed by atoms with Gasteiger partial charge in [0.05, 0.1) is 5.69 Å². The smallest absolute Gasteiger partial charge is 0.258 e. The average Bonchev–Trinajstić information content (AvgIpc) is 3.14. The van der Waals surface area contributed by atoms with Gasteiger partial charge in [-0.15, -0.1) is 0 Å². The minimum Gasteiger partial charge on any atom is -0.354 e. The van der Waals surface area contributed by atoms with Gasteiger partial charge in [-0.3, -0.25) is 14.4 Å². The van der Waals surface area contributed by atoms with Crippen LogP contribution in [0, 0.1) is 5.92 Å². The van der Waals surface area contributed by atoms with Crippen molar-refractivity contribution in [1.29, 1.82) is 0 Å². The second-order valence-corrected chi connectivity index (χ2v) is 10.6. The van der Waals surface area contributed by atoms with Gasteiger partial charge in [0.1, 0.15) is 6.04 Å². The largest absolute Gasteiger partial charge is 0.354 e. The minimum atomic E-state index is -0.718. The maximum Gasteiger partial charge on any atom is 0.258 e. The number of halogens is 2. The Morgan fingerprint density at radius 3 is 2.30 bits per heavy atom. The third kappa shape index (κ3) is 5.76. The first-order valence-electron chi connectivity index (χ1n) is 12.5. The van der Waals surface area contributed by atoms with Gasteiger partial charge in [0.2, 0.25) is 11.8 Å². The van der Waals surface area contributed by atoms with Gasteiger partial charge in [-0.1, -0.05) is 67.4 Å². The SMILES string of the molecule is CC(C)CNC(=O)[C@H](C)N(Cc1c(Cl)cccc1Cl)C(=O)CCCN1C(=O)c2cccc3cccc1c23. The third-order valence-electron chi connectivity index (χ3n) is 6.66. The van der Waals surface area contributed by atoms with Crippen LogP contribution in [0.5, 0.6) is 0 Å². The molecule has 1 atom stereocenters. The highest BCUT2D eigenvalue weighted by Gasteiger charge is 2.31. The van der Waals surface area contributed by atoms with Crippen LogP contribution < -0.4 is 10.2 Å². The fraction of sp³-hybridized carbons (Fsp3) is 0.345. The lowest BCUT2D eigenvalue weighted by Crippen LogP contribution is -2.48. The average molecular weight is 540 g/mol. The van der Waals surface area contributed by atoms with Gasteiger partial charge in [0.15, 0.2) is 0 Å². The molecule has 0 fully saturated rings. The molecule has 1 heterocycles. The van der Waals surface area contributed by atoms with E-state index in [1.54, 1.807) is 30.0 Å². The molecular formula is C29H31Cl2N3O3. The van der Waals surface area contributed by atoms with Crippen molar-refractivity contribution in [3.63, 3.8) is 0 Å². The first-order chi connectivity index (χ1) is 17.7. The molecule has 3 amide bonds. The van der Waals surface area contributed by atoms with Crippen LogP contribution in [0.1, 0.15) is 49.5 Å². The first-order valence-corrected chi connectivity index (χ1v) is 13.3. The fourth-order valence-electron chi connectivity index (χ4n) is 4.62. The summed E-state index contributed by atoms with van der Waals surface area (Å²) in [5.74, 6) is -0.210. The molecule has 0 bridgehead atoms. The van der Waals surface area contributed by atoms with Crippen LogP contribution in [0.2, 0.25) is 10.0 Å². The molecule has 4 rings (SSSR count). The Kier molecular flexibility index (Phi) is 8.40. The molecule has 194 valence electrons. The van der Waals surface area contributed by atoms with Crippen LogP contribution in [-0.4, -0.2) is 41.8 Å². The molecule has 0 saturated carbocycles. The summed E-state index contributed by atoms with van der Waals surface area (Å²) >= 11 is 12.8. The van der Waals surface area contributed by atoms with Crippen LogP contribution in [0.4, 0.5) is 5.69 Å². The zero-order valence-corrected chi connectivity index (χ0v) is 22.8. The topological polar surface area (TPSA) is 69.7 Å². The molecule has 3 aromatic carbocycles. The molecule has 0 radical (unpaired) electrons. The van der Waals surface area contributed by atoms with E-state index < -0.39 is 6.04 Å². The summed E-state index contributed by atoms with van der Waals surface area (Å²) in [7, 11) is 0. The van der Waals surface area contributed by atoms with Gasteiger partial charge in [-0.25, -0.2) is 0 Å². The Morgan fingerprint density at radius 1 is 0.973 bits per heavy atom. The number of anilines is 1. The lowest BCUT2D eigenvalue weighted by molar-refractivity contribution is -0.140. The lowest BCUT2D eigenvalue weighted by Gasteiger charge is -2.30. The molecule has 1 N–H and O–H groups in total. The summed E-state index contributed by atoms with van der Waals surface area (Å²) in [5.41, 5.74) is 2.15. The minimum absolute atomic E-state index is 0.0552. The second kappa shape index (κ2) is 11.5. The summed E-state index contributed by atoms with van der Waals surface area (Å²) in [5, 5.41) is 5.76. The molecule has 37 heavy (non-hydrogen) atoms. The second-order valence-electron chi connectivity index (χ2n) is 9.78. The van der Waals surface area contributed by atoms with Gasteiger partial charge in [-0.05, 0) is 48.9 Å². The van der Waals surface area contributed by atoms with E-state index in [1.807, 2.05) is 50.2 Å². The van der Waals surface area contributed by atoms with Crippen LogP contribution >= 0.6 is 23.2 Å². The van der Waals surface area contributed by atoms with E-state index >= 15 is 0 Å². The highest BCUT2D eigenvalue weighted by molar-refractivity contribution is 6.36. The summed E-state index contributed by atoms with van der Waals surface area (Å²) < 4.78 is 0. The number of nitrogens with zero attached hydrogens (tertiary/aromatic N) is 2. The van der Waals surface area contributed by atoms with Crippen molar-refractivity contribution in [2.45, 2.75) is 46.2 Å². The van der Waals surface area contributed by atoms with Crippen molar-refractivity contribution in [2.75, 3.05) is 18.0 Å². The van der Waals surface area contributed by atoms with E-state index in [-0.39, 0.29) is 36.6 Å². The number of nitrogens with one attached hydrogen (secondary N) is 1. The Labute approximate surface area is 227 Å². The van der Waals surface area contributed by atoms with Crippen LogP contribution in [0.15, 0.2) is 54.6 Å². The van der Waals surface area contributed by atoms with E-state index in [9.17, 15) is 14.4 Å². The molecule has 8 heteroatoms. The van der Waals surface area contributed by atoms with Gasteiger partial charge >= 0.3 is 0 Å². The van der Waals surface area contributed by atoms with Gasteiger partial charge in [-0.2, -0.15) is 0 Å². The highest BCUT2D eigenvalue weighted by Crippen LogP contribution is 2.37. The number of rotatable bonds is 10. The molecule has 6 nitrogen and oxygen atoms in total. The number of hydrogen-bond acceptors (Lipinski definition) is 3. The van der Waals surface area contributed by atoms with Gasteiger partial charge < -0.3 is 15.1 Å². The molecule has 1 aliphatic rings. The Balaban J connectivity index is 1.48. The fourth-order valence-corrected chi connectivity index (χ4v) is 5.14. The zero-order valence-electron chi connectivity index (χ0n) is 21.3. The third-order valence-corrected chi connectivity index (χ3v) is 7.37.